The van der Waals surface area contributed by atoms with E-state index in [0.717, 1.165) is 18.9 Å². The van der Waals surface area contributed by atoms with Crippen molar-refractivity contribution in [2.75, 3.05) is 6.54 Å². The van der Waals surface area contributed by atoms with Crippen LogP contribution in [0.2, 0.25) is 0 Å². The minimum atomic E-state index is -1.01. The first-order valence-corrected chi connectivity index (χ1v) is 6.75. The van der Waals surface area contributed by atoms with Gasteiger partial charge in [0.2, 0.25) is 0 Å². The molecule has 1 aliphatic heterocycles. The van der Waals surface area contributed by atoms with E-state index in [1.54, 1.807) is 11.8 Å². The van der Waals surface area contributed by atoms with E-state index < -0.39 is 22.2 Å². The highest BCUT2D eigenvalue weighted by Gasteiger charge is 2.41. The molecular formula is C14H17FN2O4. The first kappa shape index (κ1) is 15.4. The number of hydrogen-bond donors (Lipinski definition) is 1. The van der Waals surface area contributed by atoms with Crippen LogP contribution in [0.15, 0.2) is 18.2 Å². The SMILES string of the molecule is CC1(C(=O)O)CCCCN1Cc1cc(F)cc([N+](=O)[O-])c1. The van der Waals surface area contributed by atoms with Crippen molar-refractivity contribution >= 4 is 11.7 Å². The Kier molecular flexibility index (Phi) is 4.22. The molecule has 0 amide bonds. The minimum absolute atomic E-state index is 0.182. The first-order valence-electron chi connectivity index (χ1n) is 6.75. The zero-order valence-electron chi connectivity index (χ0n) is 11.7. The number of benzene rings is 1. The van der Waals surface area contributed by atoms with E-state index in [2.05, 4.69) is 0 Å². The zero-order chi connectivity index (χ0) is 15.6. The third kappa shape index (κ3) is 3.18. The normalized spacial score (nSPS) is 23.0. The number of aliphatic carboxylic acids is 1. The molecule has 21 heavy (non-hydrogen) atoms. The highest BCUT2D eigenvalue weighted by Crippen LogP contribution is 2.30. The minimum Gasteiger partial charge on any atom is -0.480 e. The number of nitro groups is 1. The van der Waals surface area contributed by atoms with Crippen LogP contribution in [0, 0.1) is 15.9 Å². The van der Waals surface area contributed by atoms with Crippen LogP contribution in [0.1, 0.15) is 31.7 Å². The van der Waals surface area contributed by atoms with Crippen molar-refractivity contribution in [3.63, 3.8) is 0 Å². The van der Waals surface area contributed by atoms with E-state index in [1.807, 2.05) is 0 Å². The lowest BCUT2D eigenvalue weighted by Crippen LogP contribution is -2.54. The molecule has 1 aromatic rings. The van der Waals surface area contributed by atoms with Crippen LogP contribution < -0.4 is 0 Å². The largest absolute Gasteiger partial charge is 0.480 e. The average molecular weight is 296 g/mol. The molecule has 1 heterocycles. The fourth-order valence-electron chi connectivity index (χ4n) is 2.72. The van der Waals surface area contributed by atoms with Gasteiger partial charge in [0.05, 0.1) is 11.0 Å². The molecule has 1 aromatic carbocycles. The quantitative estimate of drug-likeness (QED) is 0.682. The summed E-state index contributed by atoms with van der Waals surface area (Å²) in [5.74, 6) is -1.61. The lowest BCUT2D eigenvalue weighted by atomic mass is 9.88. The molecule has 7 heteroatoms. The number of piperidine rings is 1. The molecule has 0 aromatic heterocycles. The number of likely N-dealkylation sites (tertiary alicyclic amines) is 1. The summed E-state index contributed by atoms with van der Waals surface area (Å²) < 4.78 is 13.5. The van der Waals surface area contributed by atoms with E-state index in [4.69, 9.17) is 0 Å². The Hall–Kier alpha value is -2.02. The van der Waals surface area contributed by atoms with Crippen LogP contribution in [0.5, 0.6) is 0 Å². The molecule has 1 saturated heterocycles. The van der Waals surface area contributed by atoms with Gasteiger partial charge >= 0.3 is 5.97 Å². The standard InChI is InChI=1S/C14H17FN2O4/c1-14(13(18)19)4-2-3-5-16(14)9-10-6-11(15)8-12(7-10)17(20)21/h6-8H,2-5,9H2,1H3,(H,18,19). The maximum absolute atomic E-state index is 13.5. The Bertz CT molecular complexity index is 578. The van der Waals surface area contributed by atoms with Gasteiger partial charge in [0.1, 0.15) is 11.4 Å². The second-order valence-electron chi connectivity index (χ2n) is 5.53. The Labute approximate surface area is 121 Å². The van der Waals surface area contributed by atoms with Crippen molar-refractivity contribution in [3.8, 4) is 0 Å². The fraction of sp³-hybridized carbons (Fsp3) is 0.500. The number of carboxylic acids is 1. The summed E-state index contributed by atoms with van der Waals surface area (Å²) >= 11 is 0. The first-order chi connectivity index (χ1) is 9.83. The molecular weight excluding hydrogens is 279 g/mol. The number of non-ortho nitro benzene ring substituents is 1. The third-order valence-electron chi connectivity index (χ3n) is 4.03. The van der Waals surface area contributed by atoms with Gasteiger partial charge in [-0.2, -0.15) is 0 Å². The Morgan fingerprint density at radius 2 is 2.19 bits per heavy atom. The molecule has 1 atom stereocenters. The van der Waals surface area contributed by atoms with Crippen molar-refractivity contribution in [3.05, 3.63) is 39.7 Å². The van der Waals surface area contributed by atoms with E-state index in [-0.39, 0.29) is 12.2 Å². The Balaban J connectivity index is 2.27. The number of carboxylic acid groups (broad SMARTS) is 1. The summed E-state index contributed by atoms with van der Waals surface area (Å²) in [7, 11) is 0. The van der Waals surface area contributed by atoms with E-state index >= 15 is 0 Å². The van der Waals surface area contributed by atoms with Gasteiger partial charge in [-0.3, -0.25) is 19.8 Å². The van der Waals surface area contributed by atoms with Gasteiger partial charge in [-0.1, -0.05) is 0 Å². The predicted octanol–water partition coefficient (Wildman–Crippen LogP) is 2.56. The Morgan fingerprint density at radius 3 is 2.81 bits per heavy atom. The molecule has 1 aliphatic rings. The second kappa shape index (κ2) is 5.77. The van der Waals surface area contributed by atoms with Gasteiger partial charge in [0.15, 0.2) is 0 Å². The van der Waals surface area contributed by atoms with Gasteiger partial charge in [-0.05, 0) is 44.4 Å². The summed E-state index contributed by atoms with van der Waals surface area (Å²) in [5, 5.41) is 20.2. The van der Waals surface area contributed by atoms with Crippen molar-refractivity contribution < 1.29 is 19.2 Å². The molecule has 0 bridgehead atoms. The maximum atomic E-state index is 13.5. The molecule has 0 radical (unpaired) electrons. The van der Waals surface area contributed by atoms with Crippen LogP contribution in [-0.2, 0) is 11.3 Å². The van der Waals surface area contributed by atoms with Crippen molar-refractivity contribution in [2.24, 2.45) is 0 Å². The van der Waals surface area contributed by atoms with Gasteiger partial charge in [0, 0.05) is 12.6 Å². The molecule has 2 rings (SSSR count). The molecule has 6 nitrogen and oxygen atoms in total. The fourth-order valence-corrected chi connectivity index (χ4v) is 2.72. The number of hydrogen-bond acceptors (Lipinski definition) is 4. The van der Waals surface area contributed by atoms with Crippen LogP contribution in [0.25, 0.3) is 0 Å². The molecule has 0 saturated carbocycles. The van der Waals surface area contributed by atoms with E-state index in [0.29, 0.717) is 18.5 Å². The molecule has 114 valence electrons. The van der Waals surface area contributed by atoms with Crippen LogP contribution in [-0.4, -0.2) is 33.0 Å². The lowest BCUT2D eigenvalue weighted by molar-refractivity contribution is -0.385. The summed E-state index contributed by atoms with van der Waals surface area (Å²) in [6.45, 7) is 2.40. The van der Waals surface area contributed by atoms with Crippen LogP contribution >= 0.6 is 0 Å². The van der Waals surface area contributed by atoms with Gasteiger partial charge in [-0.25, -0.2) is 4.39 Å². The summed E-state index contributed by atoms with van der Waals surface area (Å²) in [4.78, 5) is 23.4. The number of nitro benzene ring substituents is 1. The topological polar surface area (TPSA) is 83.7 Å². The molecule has 1 fully saturated rings. The number of carbonyl (C=O) groups is 1. The van der Waals surface area contributed by atoms with Crippen molar-refractivity contribution in [1.29, 1.82) is 0 Å². The van der Waals surface area contributed by atoms with E-state index in [9.17, 15) is 24.4 Å². The summed E-state index contributed by atoms with van der Waals surface area (Å²) in [5.41, 5.74) is -0.922. The van der Waals surface area contributed by atoms with Crippen LogP contribution in [0.3, 0.4) is 0 Å². The second-order valence-corrected chi connectivity index (χ2v) is 5.53. The lowest BCUT2D eigenvalue weighted by Gasteiger charge is -2.41. The maximum Gasteiger partial charge on any atom is 0.323 e. The third-order valence-corrected chi connectivity index (χ3v) is 4.03. The molecule has 0 spiro atoms. The average Bonchev–Trinajstić information content (AvgIpc) is 2.40. The Morgan fingerprint density at radius 1 is 1.48 bits per heavy atom. The predicted molar refractivity (Wildman–Crippen MR) is 73.4 cm³/mol. The summed E-state index contributed by atoms with van der Waals surface area (Å²) in [6.07, 6.45) is 2.20. The molecule has 1 N–H and O–H groups in total. The van der Waals surface area contributed by atoms with Gasteiger partial charge < -0.3 is 5.11 Å². The highest BCUT2D eigenvalue weighted by molar-refractivity contribution is 5.78. The highest BCUT2D eigenvalue weighted by atomic mass is 19.1. The smallest absolute Gasteiger partial charge is 0.323 e. The monoisotopic (exact) mass is 296 g/mol. The van der Waals surface area contributed by atoms with Crippen LogP contribution in [0.4, 0.5) is 10.1 Å². The number of nitrogens with zero attached hydrogens (tertiary/aromatic N) is 2. The van der Waals surface area contributed by atoms with Gasteiger partial charge in [-0.15, -0.1) is 0 Å². The molecule has 1 unspecified atom stereocenters. The molecule has 0 aliphatic carbocycles. The number of halogens is 1. The van der Waals surface area contributed by atoms with Crippen molar-refractivity contribution in [1.82, 2.24) is 4.90 Å². The van der Waals surface area contributed by atoms with Crippen molar-refractivity contribution in [2.45, 2.75) is 38.3 Å². The number of rotatable bonds is 4. The zero-order valence-corrected chi connectivity index (χ0v) is 11.7. The van der Waals surface area contributed by atoms with E-state index in [1.165, 1.54) is 12.1 Å². The summed E-state index contributed by atoms with van der Waals surface area (Å²) in [6, 6.07) is 3.36. The van der Waals surface area contributed by atoms with Gasteiger partial charge in [0.25, 0.3) is 5.69 Å².